The summed E-state index contributed by atoms with van der Waals surface area (Å²) in [7, 11) is -3.46. The Hall–Kier alpha value is -1.28. The number of sulfonamides is 1. The molecule has 3 heterocycles. The molecule has 0 radical (unpaired) electrons. The Balaban J connectivity index is 1.29. The van der Waals surface area contributed by atoms with E-state index in [-0.39, 0.29) is 22.9 Å². The molecular formula is C22H34N4O3S. The Morgan fingerprint density at radius 2 is 1.80 bits per heavy atom. The lowest BCUT2D eigenvalue weighted by atomic mass is 9.70. The first-order chi connectivity index (χ1) is 14.2. The summed E-state index contributed by atoms with van der Waals surface area (Å²) in [5.41, 5.74) is -0.897. The lowest BCUT2D eigenvalue weighted by Crippen LogP contribution is -2.48. The average Bonchev–Trinajstić information content (AvgIpc) is 3.17. The van der Waals surface area contributed by atoms with Gasteiger partial charge >= 0.3 is 0 Å². The van der Waals surface area contributed by atoms with E-state index in [2.05, 4.69) is 28.6 Å². The first-order valence-corrected chi connectivity index (χ1v) is 13.3. The molecule has 30 heavy (non-hydrogen) atoms. The van der Waals surface area contributed by atoms with Crippen molar-refractivity contribution in [3.63, 3.8) is 0 Å². The number of piperidine rings is 1. The van der Waals surface area contributed by atoms with E-state index in [4.69, 9.17) is 0 Å². The number of rotatable bonds is 4. The van der Waals surface area contributed by atoms with E-state index in [1.54, 1.807) is 4.31 Å². The Bertz CT molecular complexity index is 946. The van der Waals surface area contributed by atoms with Crippen LogP contribution < -0.4 is 0 Å². The fraction of sp³-hybridized carbons (Fsp3) is 0.864. The number of aryl methyl sites for hydroxylation is 1. The lowest BCUT2D eigenvalue weighted by Gasteiger charge is -2.39. The molecule has 4 aliphatic rings. The molecule has 8 heteroatoms. The van der Waals surface area contributed by atoms with Gasteiger partial charge in [0.1, 0.15) is 17.4 Å². The maximum atomic E-state index is 13.4. The first-order valence-electron chi connectivity index (χ1n) is 11.7. The van der Waals surface area contributed by atoms with E-state index in [1.807, 2.05) is 0 Å². The molecule has 0 amide bonds. The number of Topliss-reactive ketones (excluding diaryl/α,β-unsaturated/α-hetero) is 1. The summed E-state index contributed by atoms with van der Waals surface area (Å²) in [6.45, 7) is 6.23. The molecule has 0 spiro atoms. The predicted octanol–water partition coefficient (Wildman–Crippen LogP) is 2.91. The van der Waals surface area contributed by atoms with Gasteiger partial charge in [-0.05, 0) is 49.9 Å². The molecule has 2 aliphatic heterocycles. The second kappa shape index (κ2) is 7.12. The molecule has 0 unspecified atom stereocenters. The van der Waals surface area contributed by atoms with Gasteiger partial charge in [0.25, 0.3) is 0 Å². The minimum atomic E-state index is -3.46. The third-order valence-corrected chi connectivity index (χ3v) is 10.9. The lowest BCUT2D eigenvalue weighted by molar-refractivity contribution is -0.128. The number of hydrogen-bond donors (Lipinski definition) is 0. The Kier molecular flexibility index (Phi) is 4.89. The average molecular weight is 435 g/mol. The second-order valence-electron chi connectivity index (χ2n) is 10.5. The van der Waals surface area contributed by atoms with E-state index in [0.29, 0.717) is 25.4 Å². The van der Waals surface area contributed by atoms with Gasteiger partial charge in [-0.25, -0.2) is 12.7 Å². The van der Waals surface area contributed by atoms with Gasteiger partial charge in [-0.3, -0.25) is 4.79 Å². The van der Waals surface area contributed by atoms with Crippen LogP contribution in [0.3, 0.4) is 0 Å². The van der Waals surface area contributed by atoms with Crippen molar-refractivity contribution in [1.29, 1.82) is 0 Å². The van der Waals surface area contributed by atoms with E-state index >= 15 is 0 Å². The molecule has 2 aliphatic carbocycles. The number of aromatic nitrogens is 3. The molecule has 2 bridgehead atoms. The minimum absolute atomic E-state index is 0.00662. The standard InChI is InChI=1S/C22H34N4O3S/c1-21(2)17-7-10-22(21,18(27)14-17)15-30(28,29)25-12-8-16(9-13-25)20-24-23-19-6-4-3-5-11-26(19)20/h16-17H,3-15H2,1-2H3/t17-,22+/m0/s1. The summed E-state index contributed by atoms with van der Waals surface area (Å²) in [5.74, 6) is 2.92. The van der Waals surface area contributed by atoms with Crippen molar-refractivity contribution in [3.8, 4) is 0 Å². The quantitative estimate of drug-likeness (QED) is 0.727. The normalized spacial score (nSPS) is 32.3. The van der Waals surface area contributed by atoms with Crippen LogP contribution in [0.4, 0.5) is 0 Å². The molecule has 2 atom stereocenters. The second-order valence-corrected chi connectivity index (χ2v) is 12.5. The molecule has 0 aromatic carbocycles. The molecule has 1 aromatic rings. The van der Waals surface area contributed by atoms with Crippen LogP contribution in [0, 0.1) is 16.7 Å². The van der Waals surface area contributed by atoms with E-state index in [0.717, 1.165) is 56.7 Å². The van der Waals surface area contributed by atoms with Crippen LogP contribution in [0.15, 0.2) is 0 Å². The smallest absolute Gasteiger partial charge is 0.215 e. The topological polar surface area (TPSA) is 85.2 Å². The van der Waals surface area contributed by atoms with Crippen molar-refractivity contribution in [2.75, 3.05) is 18.8 Å². The molecule has 0 N–H and O–H groups in total. The zero-order chi connectivity index (χ0) is 21.1. The van der Waals surface area contributed by atoms with E-state index in [9.17, 15) is 13.2 Å². The Morgan fingerprint density at radius 3 is 2.47 bits per heavy atom. The van der Waals surface area contributed by atoms with Gasteiger partial charge in [-0.2, -0.15) is 0 Å². The fourth-order valence-electron chi connectivity index (χ4n) is 6.71. The zero-order valence-electron chi connectivity index (χ0n) is 18.3. The highest BCUT2D eigenvalue weighted by Crippen LogP contribution is 2.64. The molecule has 2 saturated carbocycles. The zero-order valence-corrected chi connectivity index (χ0v) is 19.1. The van der Waals surface area contributed by atoms with Crippen LogP contribution in [-0.4, -0.2) is 52.1 Å². The van der Waals surface area contributed by atoms with Gasteiger partial charge in [-0.15, -0.1) is 10.2 Å². The van der Waals surface area contributed by atoms with Crippen molar-refractivity contribution in [2.45, 2.75) is 84.1 Å². The first kappa shape index (κ1) is 20.6. The van der Waals surface area contributed by atoms with Crippen LogP contribution in [-0.2, 0) is 27.8 Å². The maximum absolute atomic E-state index is 13.4. The van der Waals surface area contributed by atoms with Crippen LogP contribution in [0.1, 0.15) is 82.8 Å². The SMILES string of the molecule is CC1(C)[C@H]2CC[C@@]1(CS(=O)(=O)N1CCC(c3nnc4n3CCCCC4)CC1)C(=O)C2. The van der Waals surface area contributed by atoms with Crippen LogP contribution >= 0.6 is 0 Å². The largest absolute Gasteiger partial charge is 0.315 e. The predicted molar refractivity (Wildman–Crippen MR) is 113 cm³/mol. The van der Waals surface area contributed by atoms with Gasteiger partial charge in [0, 0.05) is 43.8 Å². The number of hydrogen-bond acceptors (Lipinski definition) is 5. The molecule has 1 saturated heterocycles. The molecule has 1 aromatic heterocycles. The summed E-state index contributed by atoms with van der Waals surface area (Å²) < 4.78 is 30.7. The number of fused-ring (bicyclic) bond motifs is 3. The van der Waals surface area contributed by atoms with Crippen molar-refractivity contribution < 1.29 is 13.2 Å². The summed E-state index contributed by atoms with van der Waals surface area (Å²) in [4.78, 5) is 12.8. The van der Waals surface area contributed by atoms with E-state index < -0.39 is 15.4 Å². The molecular weight excluding hydrogens is 400 g/mol. The van der Waals surface area contributed by atoms with Gasteiger partial charge in [0.05, 0.1) is 5.75 Å². The summed E-state index contributed by atoms with van der Waals surface area (Å²) in [6, 6.07) is 0. The van der Waals surface area contributed by atoms with Crippen molar-refractivity contribution >= 4 is 15.8 Å². The highest BCUT2D eigenvalue weighted by molar-refractivity contribution is 7.89. The van der Waals surface area contributed by atoms with Crippen molar-refractivity contribution in [1.82, 2.24) is 19.1 Å². The monoisotopic (exact) mass is 434 g/mol. The number of carbonyl (C=O) groups is 1. The van der Waals surface area contributed by atoms with Crippen LogP contribution in [0.25, 0.3) is 0 Å². The number of ketones is 1. The number of nitrogens with zero attached hydrogens (tertiary/aromatic N) is 4. The molecule has 5 rings (SSSR count). The summed E-state index contributed by atoms with van der Waals surface area (Å²) in [5, 5.41) is 8.91. The highest BCUT2D eigenvalue weighted by Gasteiger charge is 2.65. The van der Waals surface area contributed by atoms with E-state index in [1.165, 1.54) is 12.8 Å². The molecule has 166 valence electrons. The fourth-order valence-corrected chi connectivity index (χ4v) is 8.96. The third kappa shape index (κ3) is 3.00. The van der Waals surface area contributed by atoms with Crippen LogP contribution in [0.2, 0.25) is 0 Å². The highest BCUT2D eigenvalue weighted by atomic mass is 32.2. The van der Waals surface area contributed by atoms with Crippen molar-refractivity contribution in [3.05, 3.63) is 11.6 Å². The van der Waals surface area contributed by atoms with Crippen molar-refractivity contribution in [2.24, 2.45) is 16.7 Å². The number of carbonyl (C=O) groups excluding carboxylic acids is 1. The summed E-state index contributed by atoms with van der Waals surface area (Å²) in [6.07, 6.45) is 8.39. The molecule has 3 fully saturated rings. The van der Waals surface area contributed by atoms with Gasteiger partial charge < -0.3 is 4.57 Å². The van der Waals surface area contributed by atoms with Gasteiger partial charge in [-0.1, -0.05) is 20.3 Å². The van der Waals surface area contributed by atoms with Gasteiger partial charge in [0.2, 0.25) is 10.0 Å². The third-order valence-electron chi connectivity index (χ3n) is 8.92. The Morgan fingerprint density at radius 1 is 1.03 bits per heavy atom. The van der Waals surface area contributed by atoms with Crippen LogP contribution in [0.5, 0.6) is 0 Å². The van der Waals surface area contributed by atoms with Gasteiger partial charge in [0.15, 0.2) is 0 Å². The molecule has 7 nitrogen and oxygen atoms in total. The minimum Gasteiger partial charge on any atom is -0.315 e. The Labute approximate surface area is 179 Å². The maximum Gasteiger partial charge on any atom is 0.215 e. The summed E-state index contributed by atoms with van der Waals surface area (Å²) >= 11 is 0.